The molecule has 5 nitrogen and oxygen atoms in total. The fourth-order valence-electron chi connectivity index (χ4n) is 1.96. The molecule has 2 rings (SSSR count). The van der Waals surface area contributed by atoms with Crippen LogP contribution in [0, 0.1) is 0 Å². The lowest BCUT2D eigenvalue weighted by atomic mass is 10.2. The van der Waals surface area contributed by atoms with Crippen LogP contribution in [0.3, 0.4) is 0 Å². The summed E-state index contributed by atoms with van der Waals surface area (Å²) in [5.41, 5.74) is 1.75. The van der Waals surface area contributed by atoms with Crippen LogP contribution in [-0.2, 0) is 11.3 Å². The summed E-state index contributed by atoms with van der Waals surface area (Å²) >= 11 is 0. The first-order chi connectivity index (χ1) is 10.1. The zero-order chi connectivity index (χ0) is 15.2. The third kappa shape index (κ3) is 4.16. The average Bonchev–Trinajstić information content (AvgIpc) is 2.47. The Balaban J connectivity index is 2.38. The Morgan fingerprint density at radius 3 is 2.67 bits per heavy atom. The molecular weight excluding hydrogens is 266 g/mol. The summed E-state index contributed by atoms with van der Waals surface area (Å²) in [6.45, 7) is 4.45. The number of benzene rings is 1. The molecule has 1 heterocycles. The van der Waals surface area contributed by atoms with Gasteiger partial charge in [-0.05, 0) is 26.0 Å². The second kappa shape index (κ2) is 7.04. The molecule has 1 N–H and O–H groups in total. The number of anilines is 1. The van der Waals surface area contributed by atoms with Gasteiger partial charge in [0.25, 0.3) is 0 Å². The lowest BCUT2D eigenvalue weighted by Gasteiger charge is -2.11. The fraction of sp³-hybridized carbons (Fsp3) is 0.375. The van der Waals surface area contributed by atoms with Gasteiger partial charge in [0.1, 0.15) is 11.6 Å². The van der Waals surface area contributed by atoms with Crippen LogP contribution >= 0.6 is 0 Å². The van der Waals surface area contributed by atoms with Gasteiger partial charge in [-0.1, -0.05) is 12.1 Å². The van der Waals surface area contributed by atoms with Gasteiger partial charge in [-0.25, -0.2) is 9.97 Å². The van der Waals surface area contributed by atoms with Crippen molar-refractivity contribution in [3.63, 3.8) is 0 Å². The maximum absolute atomic E-state index is 5.71. The van der Waals surface area contributed by atoms with Crippen LogP contribution in [0.15, 0.2) is 30.3 Å². The van der Waals surface area contributed by atoms with Crippen molar-refractivity contribution >= 4 is 5.82 Å². The van der Waals surface area contributed by atoms with Gasteiger partial charge in [0.15, 0.2) is 5.82 Å². The van der Waals surface area contributed by atoms with Crippen molar-refractivity contribution < 1.29 is 9.47 Å². The van der Waals surface area contributed by atoms with Gasteiger partial charge in [0, 0.05) is 25.8 Å². The summed E-state index contributed by atoms with van der Waals surface area (Å²) in [6.07, 6.45) is 0.133. The molecule has 0 unspecified atom stereocenters. The Morgan fingerprint density at radius 1 is 1.19 bits per heavy atom. The summed E-state index contributed by atoms with van der Waals surface area (Å²) in [5.74, 6) is 2.24. The third-order valence-electron chi connectivity index (χ3n) is 2.79. The second-order valence-corrected chi connectivity index (χ2v) is 4.95. The number of aromatic nitrogens is 2. The molecule has 0 aliphatic heterocycles. The summed E-state index contributed by atoms with van der Waals surface area (Å²) in [7, 11) is 3.49. The van der Waals surface area contributed by atoms with Gasteiger partial charge in [-0.15, -0.1) is 0 Å². The van der Waals surface area contributed by atoms with Crippen molar-refractivity contribution in [2.45, 2.75) is 26.6 Å². The Morgan fingerprint density at radius 2 is 2.00 bits per heavy atom. The van der Waals surface area contributed by atoms with Gasteiger partial charge >= 0.3 is 0 Å². The number of ether oxygens (including phenoxy) is 2. The quantitative estimate of drug-likeness (QED) is 0.884. The molecule has 0 radical (unpaired) electrons. The first-order valence-electron chi connectivity index (χ1n) is 6.94. The molecule has 0 atom stereocenters. The zero-order valence-electron chi connectivity index (χ0n) is 12.9. The highest BCUT2D eigenvalue weighted by atomic mass is 16.5. The predicted octanol–water partition coefficient (Wildman–Crippen LogP) is 3.12. The molecule has 2 aromatic rings. The molecule has 112 valence electrons. The van der Waals surface area contributed by atoms with Crippen LogP contribution in [0.25, 0.3) is 11.4 Å². The molecule has 0 spiro atoms. The Kier molecular flexibility index (Phi) is 5.11. The van der Waals surface area contributed by atoms with E-state index in [4.69, 9.17) is 9.47 Å². The van der Waals surface area contributed by atoms with Crippen molar-refractivity contribution in [1.29, 1.82) is 0 Å². The number of hydrogen-bond donors (Lipinski definition) is 1. The van der Waals surface area contributed by atoms with Crippen LogP contribution in [0.5, 0.6) is 5.75 Å². The van der Waals surface area contributed by atoms with Crippen molar-refractivity contribution in [2.24, 2.45) is 0 Å². The molecule has 0 saturated carbocycles. The molecule has 0 fully saturated rings. The molecule has 0 amide bonds. The van der Waals surface area contributed by atoms with E-state index >= 15 is 0 Å². The maximum Gasteiger partial charge on any atom is 0.161 e. The minimum atomic E-state index is 0.133. The highest BCUT2D eigenvalue weighted by Crippen LogP contribution is 2.23. The van der Waals surface area contributed by atoms with Crippen molar-refractivity contribution in [3.05, 3.63) is 36.0 Å². The zero-order valence-corrected chi connectivity index (χ0v) is 12.9. The number of methoxy groups -OCH3 is 1. The first-order valence-corrected chi connectivity index (χ1v) is 6.94. The first kappa shape index (κ1) is 15.3. The highest BCUT2D eigenvalue weighted by molar-refractivity contribution is 5.59. The molecule has 21 heavy (non-hydrogen) atoms. The summed E-state index contributed by atoms with van der Waals surface area (Å²) < 4.78 is 10.9. The maximum atomic E-state index is 5.71. The van der Waals surface area contributed by atoms with E-state index in [9.17, 15) is 0 Å². The monoisotopic (exact) mass is 287 g/mol. The molecule has 0 aliphatic rings. The smallest absolute Gasteiger partial charge is 0.161 e. The van der Waals surface area contributed by atoms with Crippen molar-refractivity contribution in [3.8, 4) is 17.1 Å². The molecule has 1 aromatic carbocycles. The summed E-state index contributed by atoms with van der Waals surface area (Å²) in [6, 6.07) is 9.67. The Labute approximate surface area is 125 Å². The topological polar surface area (TPSA) is 56.3 Å². The molecule has 5 heteroatoms. The van der Waals surface area contributed by atoms with E-state index in [1.807, 2.05) is 51.2 Å². The van der Waals surface area contributed by atoms with Crippen LogP contribution in [-0.4, -0.2) is 30.2 Å². The summed E-state index contributed by atoms with van der Waals surface area (Å²) in [4.78, 5) is 9.02. The van der Waals surface area contributed by atoms with E-state index in [2.05, 4.69) is 15.3 Å². The van der Waals surface area contributed by atoms with Gasteiger partial charge in [-0.3, -0.25) is 0 Å². The number of nitrogens with zero attached hydrogens (tertiary/aromatic N) is 2. The van der Waals surface area contributed by atoms with E-state index < -0.39 is 0 Å². The minimum absolute atomic E-state index is 0.133. The molecule has 0 aliphatic carbocycles. The third-order valence-corrected chi connectivity index (χ3v) is 2.79. The standard InChI is InChI=1S/C16H21N3O2/c1-11(2)21-14-7-5-6-12(8-14)16-18-13(10-20-4)9-15(17-3)19-16/h5-9,11H,10H2,1-4H3,(H,17,18,19). The highest BCUT2D eigenvalue weighted by Gasteiger charge is 2.08. The lowest BCUT2D eigenvalue weighted by Crippen LogP contribution is -2.06. The van der Waals surface area contributed by atoms with Crippen molar-refractivity contribution in [2.75, 3.05) is 19.5 Å². The van der Waals surface area contributed by atoms with Crippen LogP contribution in [0.1, 0.15) is 19.5 Å². The van der Waals surface area contributed by atoms with E-state index in [1.54, 1.807) is 7.11 Å². The van der Waals surface area contributed by atoms with Crippen LogP contribution in [0.4, 0.5) is 5.82 Å². The Bertz CT molecular complexity index is 600. The van der Waals surface area contributed by atoms with E-state index in [1.165, 1.54) is 0 Å². The average molecular weight is 287 g/mol. The van der Waals surface area contributed by atoms with E-state index in [0.717, 1.165) is 22.8 Å². The molecule has 0 bridgehead atoms. The molecule has 0 saturated heterocycles. The summed E-state index contributed by atoms with van der Waals surface area (Å²) in [5, 5.41) is 3.04. The molecule has 1 aromatic heterocycles. The SMILES string of the molecule is CNc1cc(COC)nc(-c2cccc(OC(C)C)c2)n1. The van der Waals surface area contributed by atoms with Gasteiger partial charge in [0.2, 0.25) is 0 Å². The van der Waals surface area contributed by atoms with E-state index in [0.29, 0.717) is 12.4 Å². The van der Waals surface area contributed by atoms with Gasteiger partial charge in [0.05, 0.1) is 18.4 Å². The second-order valence-electron chi connectivity index (χ2n) is 4.95. The van der Waals surface area contributed by atoms with Crippen LogP contribution in [0.2, 0.25) is 0 Å². The fourth-order valence-corrected chi connectivity index (χ4v) is 1.96. The van der Waals surface area contributed by atoms with Crippen molar-refractivity contribution in [1.82, 2.24) is 9.97 Å². The van der Waals surface area contributed by atoms with E-state index in [-0.39, 0.29) is 6.10 Å². The number of nitrogens with one attached hydrogen (secondary N) is 1. The number of hydrogen-bond acceptors (Lipinski definition) is 5. The van der Waals surface area contributed by atoms with Gasteiger partial charge < -0.3 is 14.8 Å². The molecular formula is C16H21N3O2. The minimum Gasteiger partial charge on any atom is -0.491 e. The predicted molar refractivity (Wildman–Crippen MR) is 83.5 cm³/mol. The normalized spacial score (nSPS) is 10.7. The lowest BCUT2D eigenvalue weighted by molar-refractivity contribution is 0.181. The largest absolute Gasteiger partial charge is 0.491 e. The Hall–Kier alpha value is -2.14. The van der Waals surface area contributed by atoms with Crippen LogP contribution < -0.4 is 10.1 Å². The number of rotatable bonds is 6. The van der Waals surface area contributed by atoms with Gasteiger partial charge in [-0.2, -0.15) is 0 Å².